The molecule has 0 unspecified atom stereocenters. The number of hydrogen-bond acceptors (Lipinski definition) is 5. The molecule has 0 aliphatic carbocycles. The van der Waals surface area contributed by atoms with Gasteiger partial charge in [0.05, 0.1) is 14.2 Å². The molecule has 0 aliphatic heterocycles. The van der Waals surface area contributed by atoms with E-state index in [1.165, 1.54) is 12.0 Å². The summed E-state index contributed by atoms with van der Waals surface area (Å²) >= 11 is 0. The number of aryl methyl sites for hydroxylation is 1. The Morgan fingerprint density at radius 1 is 1.08 bits per heavy atom. The third-order valence-corrected chi connectivity index (χ3v) is 4.05. The topological polar surface area (TPSA) is 73.6 Å². The molecule has 6 heteroatoms. The van der Waals surface area contributed by atoms with Crippen molar-refractivity contribution in [3.63, 3.8) is 0 Å². The number of ether oxygens (including phenoxy) is 2. The van der Waals surface area contributed by atoms with Crippen LogP contribution in [0.25, 0.3) is 11.3 Å². The maximum absolute atomic E-state index is 12.6. The number of anilines is 1. The minimum Gasteiger partial charge on any atom is -0.493 e. The van der Waals surface area contributed by atoms with Gasteiger partial charge in [-0.15, -0.1) is 0 Å². The fourth-order valence-electron chi connectivity index (χ4n) is 2.60. The second-order valence-corrected chi connectivity index (χ2v) is 5.60. The van der Waals surface area contributed by atoms with E-state index in [0.29, 0.717) is 28.5 Å². The van der Waals surface area contributed by atoms with Crippen molar-refractivity contribution in [1.29, 1.82) is 0 Å². The van der Waals surface area contributed by atoms with Crippen LogP contribution in [-0.4, -0.2) is 25.1 Å². The monoisotopic (exact) mass is 352 g/mol. The molecule has 0 spiro atoms. The molecule has 1 N–H and O–H groups in total. The summed E-state index contributed by atoms with van der Waals surface area (Å²) in [4.78, 5) is 16.7. The molecule has 0 atom stereocenters. The van der Waals surface area contributed by atoms with Crippen LogP contribution in [0.3, 0.4) is 0 Å². The van der Waals surface area contributed by atoms with E-state index in [1.54, 1.807) is 32.4 Å². The lowest BCUT2D eigenvalue weighted by Gasteiger charge is -2.09. The second kappa shape index (κ2) is 7.74. The Bertz CT molecular complexity index is 900. The van der Waals surface area contributed by atoms with Crippen LogP contribution in [0, 0.1) is 0 Å². The van der Waals surface area contributed by atoms with Crippen molar-refractivity contribution in [2.45, 2.75) is 13.3 Å². The first-order chi connectivity index (χ1) is 12.7. The minimum absolute atomic E-state index is 0.205. The quantitative estimate of drug-likeness (QED) is 0.721. The Hall–Kier alpha value is -3.28. The third-order valence-electron chi connectivity index (χ3n) is 4.05. The second-order valence-electron chi connectivity index (χ2n) is 5.60. The molecule has 26 heavy (non-hydrogen) atoms. The van der Waals surface area contributed by atoms with Crippen LogP contribution in [0.1, 0.15) is 23.0 Å². The first-order valence-corrected chi connectivity index (χ1v) is 8.22. The molecule has 1 heterocycles. The van der Waals surface area contributed by atoms with Crippen LogP contribution < -0.4 is 14.8 Å². The van der Waals surface area contributed by atoms with Crippen LogP contribution in [0.2, 0.25) is 0 Å². The van der Waals surface area contributed by atoms with Crippen molar-refractivity contribution in [3.8, 4) is 22.8 Å². The summed E-state index contributed by atoms with van der Waals surface area (Å²) in [6.07, 6.45) is 2.20. The van der Waals surface area contributed by atoms with Crippen LogP contribution in [0.4, 0.5) is 5.69 Å². The normalized spacial score (nSPS) is 10.4. The van der Waals surface area contributed by atoms with Gasteiger partial charge in [0.15, 0.2) is 29.3 Å². The van der Waals surface area contributed by atoms with Crippen molar-refractivity contribution < 1.29 is 18.7 Å². The number of amides is 1. The van der Waals surface area contributed by atoms with E-state index in [9.17, 15) is 4.79 Å². The van der Waals surface area contributed by atoms with Crippen LogP contribution in [-0.2, 0) is 6.42 Å². The lowest BCUT2D eigenvalue weighted by molar-refractivity contribution is 0.102. The van der Waals surface area contributed by atoms with Crippen molar-refractivity contribution in [3.05, 3.63) is 60.1 Å². The average Bonchev–Trinajstić information content (AvgIpc) is 3.18. The first kappa shape index (κ1) is 17.5. The molecule has 0 radical (unpaired) electrons. The highest BCUT2D eigenvalue weighted by atomic mass is 16.5. The highest BCUT2D eigenvalue weighted by Gasteiger charge is 2.20. The van der Waals surface area contributed by atoms with E-state index in [2.05, 4.69) is 17.2 Å². The smallest absolute Gasteiger partial charge is 0.278 e. The van der Waals surface area contributed by atoms with Gasteiger partial charge in [0, 0.05) is 11.3 Å². The SMILES string of the molecule is CCc1ccc(NC(=O)c2ncoc2-c2ccc(OC)c(OC)c2)cc1. The molecule has 6 nitrogen and oxygen atoms in total. The van der Waals surface area contributed by atoms with E-state index in [1.807, 2.05) is 24.3 Å². The summed E-state index contributed by atoms with van der Waals surface area (Å²) in [6.45, 7) is 2.08. The van der Waals surface area contributed by atoms with Crippen LogP contribution >= 0.6 is 0 Å². The maximum atomic E-state index is 12.6. The van der Waals surface area contributed by atoms with Gasteiger partial charge >= 0.3 is 0 Å². The fraction of sp³-hybridized carbons (Fsp3) is 0.200. The van der Waals surface area contributed by atoms with Crippen LogP contribution in [0.15, 0.2) is 53.3 Å². The molecule has 134 valence electrons. The van der Waals surface area contributed by atoms with Gasteiger partial charge < -0.3 is 19.2 Å². The number of carbonyl (C=O) groups is 1. The van der Waals surface area contributed by atoms with Crippen molar-refractivity contribution >= 4 is 11.6 Å². The number of carbonyl (C=O) groups excluding carboxylic acids is 1. The fourth-order valence-corrected chi connectivity index (χ4v) is 2.60. The molecular formula is C20H20N2O4. The number of rotatable bonds is 6. The molecule has 0 bridgehead atoms. The highest BCUT2D eigenvalue weighted by Crippen LogP contribution is 2.33. The number of nitrogens with zero attached hydrogens (tertiary/aromatic N) is 1. The molecule has 0 saturated heterocycles. The molecule has 1 amide bonds. The zero-order valence-electron chi connectivity index (χ0n) is 14.9. The standard InChI is InChI=1S/C20H20N2O4/c1-4-13-5-8-15(9-6-13)22-20(23)18-19(26-12-21-18)14-7-10-16(24-2)17(11-14)25-3/h5-12H,4H2,1-3H3,(H,22,23). The predicted octanol–water partition coefficient (Wildman–Crippen LogP) is 4.17. The van der Waals surface area contributed by atoms with Gasteiger partial charge in [0.1, 0.15) is 0 Å². The van der Waals surface area contributed by atoms with Crippen molar-refractivity contribution in [2.24, 2.45) is 0 Å². The molecule has 3 aromatic rings. The number of hydrogen-bond donors (Lipinski definition) is 1. The van der Waals surface area contributed by atoms with E-state index in [0.717, 1.165) is 6.42 Å². The van der Waals surface area contributed by atoms with Gasteiger partial charge in [-0.1, -0.05) is 19.1 Å². The van der Waals surface area contributed by atoms with Gasteiger partial charge in [0.2, 0.25) is 0 Å². The Labute approximate surface area is 151 Å². The Morgan fingerprint density at radius 2 is 1.81 bits per heavy atom. The zero-order chi connectivity index (χ0) is 18.5. The largest absolute Gasteiger partial charge is 0.493 e. The first-order valence-electron chi connectivity index (χ1n) is 8.22. The van der Waals surface area contributed by atoms with Gasteiger partial charge in [-0.3, -0.25) is 4.79 Å². The molecule has 0 saturated carbocycles. The molecular weight excluding hydrogens is 332 g/mol. The van der Waals surface area contributed by atoms with Crippen molar-refractivity contribution in [2.75, 3.05) is 19.5 Å². The number of methoxy groups -OCH3 is 2. The minimum atomic E-state index is -0.340. The average molecular weight is 352 g/mol. The summed E-state index contributed by atoms with van der Waals surface area (Å²) in [5.74, 6) is 1.17. The van der Waals surface area contributed by atoms with E-state index < -0.39 is 0 Å². The van der Waals surface area contributed by atoms with Gasteiger partial charge in [-0.2, -0.15) is 0 Å². The summed E-state index contributed by atoms with van der Waals surface area (Å²) in [6, 6.07) is 13.0. The van der Waals surface area contributed by atoms with Gasteiger partial charge in [-0.25, -0.2) is 4.98 Å². The summed E-state index contributed by atoms with van der Waals surface area (Å²) < 4.78 is 16.0. The molecule has 2 aromatic carbocycles. The Kier molecular flexibility index (Phi) is 5.22. The zero-order valence-corrected chi connectivity index (χ0v) is 14.9. The van der Waals surface area contributed by atoms with E-state index >= 15 is 0 Å². The maximum Gasteiger partial charge on any atom is 0.278 e. The number of benzene rings is 2. The lowest BCUT2D eigenvalue weighted by Crippen LogP contribution is -2.13. The van der Waals surface area contributed by atoms with Gasteiger partial charge in [0.25, 0.3) is 5.91 Å². The molecule has 0 fully saturated rings. The number of nitrogens with one attached hydrogen (secondary N) is 1. The number of aromatic nitrogens is 1. The third kappa shape index (κ3) is 3.54. The summed E-state index contributed by atoms with van der Waals surface area (Å²) in [5, 5.41) is 2.84. The Balaban J connectivity index is 1.86. The van der Waals surface area contributed by atoms with E-state index in [4.69, 9.17) is 13.9 Å². The van der Waals surface area contributed by atoms with Crippen LogP contribution in [0.5, 0.6) is 11.5 Å². The summed E-state index contributed by atoms with van der Waals surface area (Å²) in [5.41, 5.74) is 2.78. The summed E-state index contributed by atoms with van der Waals surface area (Å²) in [7, 11) is 3.12. The van der Waals surface area contributed by atoms with Gasteiger partial charge in [-0.05, 0) is 42.3 Å². The van der Waals surface area contributed by atoms with E-state index in [-0.39, 0.29) is 11.6 Å². The Morgan fingerprint density at radius 3 is 2.46 bits per heavy atom. The molecule has 3 rings (SSSR count). The highest BCUT2D eigenvalue weighted by molar-refractivity contribution is 6.06. The van der Waals surface area contributed by atoms with Crippen molar-refractivity contribution in [1.82, 2.24) is 4.98 Å². The molecule has 1 aromatic heterocycles. The number of oxazole rings is 1. The molecule has 0 aliphatic rings. The lowest BCUT2D eigenvalue weighted by atomic mass is 10.1. The predicted molar refractivity (Wildman–Crippen MR) is 98.8 cm³/mol.